The Labute approximate surface area is 131 Å². The maximum atomic E-state index is 12.4. The Bertz CT molecular complexity index is 607. The van der Waals surface area contributed by atoms with Gasteiger partial charge in [0, 0.05) is 44.0 Å². The highest BCUT2D eigenvalue weighted by molar-refractivity contribution is 7.90. The summed E-state index contributed by atoms with van der Waals surface area (Å²) in [5.41, 5.74) is 0.992. The smallest absolute Gasteiger partial charge is 0.299 e. The summed E-state index contributed by atoms with van der Waals surface area (Å²) in [6, 6.07) is 6.48. The highest BCUT2D eigenvalue weighted by Crippen LogP contribution is 2.13. The molecule has 7 nitrogen and oxygen atoms in total. The van der Waals surface area contributed by atoms with Gasteiger partial charge in [-0.1, -0.05) is 6.92 Å². The third-order valence-corrected chi connectivity index (χ3v) is 4.68. The van der Waals surface area contributed by atoms with Crippen LogP contribution in [0.5, 0.6) is 0 Å². The lowest BCUT2D eigenvalue weighted by atomic mass is 10.1. The largest absolute Gasteiger partial charge is 0.336 e. The van der Waals surface area contributed by atoms with Crippen LogP contribution < -0.4 is 9.44 Å². The van der Waals surface area contributed by atoms with Gasteiger partial charge in [-0.15, -0.1) is 0 Å². The maximum absolute atomic E-state index is 12.4. The van der Waals surface area contributed by atoms with Crippen molar-refractivity contribution in [2.45, 2.75) is 6.92 Å². The third kappa shape index (κ3) is 4.43. The average Bonchev–Trinajstić information content (AvgIpc) is 2.47. The zero-order valence-corrected chi connectivity index (χ0v) is 13.7. The molecule has 1 aliphatic rings. The van der Waals surface area contributed by atoms with Gasteiger partial charge in [-0.3, -0.25) is 9.52 Å². The first-order chi connectivity index (χ1) is 10.4. The summed E-state index contributed by atoms with van der Waals surface area (Å²) >= 11 is 0. The number of rotatable bonds is 5. The molecule has 2 rings (SSSR count). The van der Waals surface area contributed by atoms with Gasteiger partial charge in [0.15, 0.2) is 0 Å². The van der Waals surface area contributed by atoms with Crippen molar-refractivity contribution in [3.63, 3.8) is 0 Å². The molecule has 0 atom stereocenters. The lowest BCUT2D eigenvalue weighted by Gasteiger charge is -2.32. The molecule has 8 heteroatoms. The van der Waals surface area contributed by atoms with Gasteiger partial charge in [0.25, 0.3) is 16.1 Å². The Balaban J connectivity index is 2.01. The Morgan fingerprint density at radius 1 is 1.14 bits per heavy atom. The molecule has 0 spiro atoms. The number of amides is 1. The average molecular weight is 326 g/mol. The van der Waals surface area contributed by atoms with E-state index in [0.29, 0.717) is 30.9 Å². The van der Waals surface area contributed by atoms with Crippen LogP contribution in [0, 0.1) is 0 Å². The summed E-state index contributed by atoms with van der Waals surface area (Å²) in [5.74, 6) is -0.0193. The first kappa shape index (κ1) is 16.7. The van der Waals surface area contributed by atoms with Crippen LogP contribution in [0.2, 0.25) is 0 Å². The number of carbonyl (C=O) groups is 1. The van der Waals surface area contributed by atoms with Crippen LogP contribution in [-0.4, -0.2) is 63.9 Å². The van der Waals surface area contributed by atoms with E-state index in [1.807, 2.05) is 11.9 Å². The molecule has 1 aromatic carbocycles. The number of piperazine rings is 1. The lowest BCUT2D eigenvalue weighted by Crippen LogP contribution is -2.47. The molecule has 22 heavy (non-hydrogen) atoms. The molecular formula is C14H22N4O3S. The quantitative estimate of drug-likeness (QED) is 0.817. The normalized spacial score (nSPS) is 16.5. The summed E-state index contributed by atoms with van der Waals surface area (Å²) in [4.78, 5) is 16.4. The fourth-order valence-corrected chi connectivity index (χ4v) is 3.15. The van der Waals surface area contributed by atoms with Gasteiger partial charge in [-0.2, -0.15) is 13.1 Å². The zero-order chi connectivity index (χ0) is 16.2. The van der Waals surface area contributed by atoms with E-state index >= 15 is 0 Å². The third-order valence-electron chi connectivity index (χ3n) is 3.51. The van der Waals surface area contributed by atoms with E-state index < -0.39 is 10.2 Å². The predicted molar refractivity (Wildman–Crippen MR) is 86.1 cm³/mol. The number of hydrogen-bond acceptors (Lipinski definition) is 4. The van der Waals surface area contributed by atoms with Crippen molar-refractivity contribution in [1.29, 1.82) is 0 Å². The Morgan fingerprint density at radius 2 is 1.73 bits per heavy atom. The van der Waals surface area contributed by atoms with Gasteiger partial charge in [0.1, 0.15) is 0 Å². The molecule has 0 saturated carbocycles. The minimum atomic E-state index is -3.55. The number of nitrogens with zero attached hydrogens (tertiary/aromatic N) is 2. The molecule has 2 N–H and O–H groups in total. The van der Waals surface area contributed by atoms with Gasteiger partial charge in [0.2, 0.25) is 0 Å². The number of anilines is 1. The fraction of sp³-hybridized carbons (Fsp3) is 0.500. The van der Waals surface area contributed by atoms with E-state index in [4.69, 9.17) is 0 Å². The number of likely N-dealkylation sites (N-methyl/N-ethyl adjacent to an activating group) is 1. The summed E-state index contributed by atoms with van der Waals surface area (Å²) in [6.45, 7) is 5.18. The van der Waals surface area contributed by atoms with Gasteiger partial charge >= 0.3 is 0 Å². The number of hydrogen-bond donors (Lipinski definition) is 2. The Kier molecular flexibility index (Phi) is 5.38. The van der Waals surface area contributed by atoms with Crippen LogP contribution in [0.3, 0.4) is 0 Å². The van der Waals surface area contributed by atoms with Crippen LogP contribution in [0.15, 0.2) is 24.3 Å². The number of benzene rings is 1. The fourth-order valence-electron chi connectivity index (χ4n) is 2.25. The van der Waals surface area contributed by atoms with Crippen molar-refractivity contribution in [3.05, 3.63) is 29.8 Å². The minimum absolute atomic E-state index is 0.0193. The van der Waals surface area contributed by atoms with Crippen LogP contribution in [0.1, 0.15) is 17.3 Å². The molecule has 1 aromatic rings. The van der Waals surface area contributed by atoms with Crippen LogP contribution in [0.4, 0.5) is 5.69 Å². The molecule has 1 heterocycles. The van der Waals surface area contributed by atoms with Crippen LogP contribution in [0.25, 0.3) is 0 Å². The summed E-state index contributed by atoms with van der Waals surface area (Å²) in [6.07, 6.45) is 0. The van der Waals surface area contributed by atoms with Crippen LogP contribution >= 0.6 is 0 Å². The highest BCUT2D eigenvalue weighted by Gasteiger charge is 2.20. The van der Waals surface area contributed by atoms with Crippen molar-refractivity contribution in [3.8, 4) is 0 Å². The van der Waals surface area contributed by atoms with Crippen molar-refractivity contribution in [2.24, 2.45) is 0 Å². The van der Waals surface area contributed by atoms with Crippen molar-refractivity contribution < 1.29 is 13.2 Å². The number of carbonyl (C=O) groups excluding carboxylic acids is 1. The summed E-state index contributed by atoms with van der Waals surface area (Å²) in [7, 11) is -1.51. The van der Waals surface area contributed by atoms with E-state index in [1.165, 1.54) is 0 Å². The van der Waals surface area contributed by atoms with Gasteiger partial charge < -0.3 is 9.80 Å². The molecule has 0 aromatic heterocycles. The summed E-state index contributed by atoms with van der Waals surface area (Å²) < 4.78 is 27.9. The molecule has 1 saturated heterocycles. The zero-order valence-electron chi connectivity index (χ0n) is 12.9. The van der Waals surface area contributed by atoms with Crippen molar-refractivity contribution in [1.82, 2.24) is 14.5 Å². The molecule has 0 radical (unpaired) electrons. The SMILES string of the molecule is CCNS(=O)(=O)Nc1ccc(C(=O)N2CCN(C)CC2)cc1. The van der Waals surface area contributed by atoms with Gasteiger partial charge in [-0.05, 0) is 31.3 Å². The lowest BCUT2D eigenvalue weighted by molar-refractivity contribution is 0.0664. The second-order valence-electron chi connectivity index (χ2n) is 5.28. The van der Waals surface area contributed by atoms with Crippen molar-refractivity contribution in [2.75, 3.05) is 44.5 Å². The highest BCUT2D eigenvalue weighted by atomic mass is 32.2. The van der Waals surface area contributed by atoms with E-state index in [0.717, 1.165) is 13.1 Å². The molecule has 122 valence electrons. The van der Waals surface area contributed by atoms with E-state index in [2.05, 4.69) is 14.3 Å². The topological polar surface area (TPSA) is 81.8 Å². The first-order valence-electron chi connectivity index (χ1n) is 7.26. The molecule has 1 aliphatic heterocycles. The molecular weight excluding hydrogens is 304 g/mol. The monoisotopic (exact) mass is 326 g/mol. The maximum Gasteiger partial charge on any atom is 0.299 e. The predicted octanol–water partition coefficient (Wildman–Crippen LogP) is 0.340. The Hall–Kier alpha value is -1.64. The number of nitrogens with one attached hydrogen (secondary N) is 2. The van der Waals surface area contributed by atoms with Crippen LogP contribution in [-0.2, 0) is 10.2 Å². The summed E-state index contributed by atoms with van der Waals surface area (Å²) in [5, 5.41) is 0. The molecule has 0 aliphatic carbocycles. The van der Waals surface area contributed by atoms with Gasteiger partial charge in [-0.25, -0.2) is 0 Å². The van der Waals surface area contributed by atoms with E-state index in [9.17, 15) is 13.2 Å². The molecule has 1 fully saturated rings. The van der Waals surface area contributed by atoms with E-state index in [-0.39, 0.29) is 5.91 Å². The minimum Gasteiger partial charge on any atom is -0.336 e. The Morgan fingerprint density at radius 3 is 2.27 bits per heavy atom. The van der Waals surface area contributed by atoms with Crippen molar-refractivity contribution >= 4 is 21.8 Å². The molecule has 1 amide bonds. The molecule has 0 bridgehead atoms. The van der Waals surface area contributed by atoms with Gasteiger partial charge in [0.05, 0.1) is 0 Å². The standard InChI is InChI=1S/C14H22N4O3S/c1-3-15-22(20,21)16-13-6-4-12(5-7-13)14(19)18-10-8-17(2)9-11-18/h4-7,15-16H,3,8-11H2,1-2H3. The second-order valence-corrected chi connectivity index (χ2v) is 6.78. The van der Waals surface area contributed by atoms with E-state index in [1.54, 1.807) is 31.2 Å². The molecule has 0 unspecified atom stereocenters. The first-order valence-corrected chi connectivity index (χ1v) is 8.75. The second kappa shape index (κ2) is 7.08.